The van der Waals surface area contributed by atoms with Gasteiger partial charge in [0.1, 0.15) is 0 Å². The van der Waals surface area contributed by atoms with Gasteiger partial charge < -0.3 is 10.6 Å². The van der Waals surface area contributed by atoms with Crippen LogP contribution < -0.4 is 10.6 Å². The lowest BCUT2D eigenvalue weighted by Gasteiger charge is -2.13. The highest BCUT2D eigenvalue weighted by molar-refractivity contribution is 7.80. The first-order valence-electron chi connectivity index (χ1n) is 6.50. The zero-order valence-corrected chi connectivity index (χ0v) is 12.3. The molecule has 0 amide bonds. The lowest BCUT2D eigenvalue weighted by molar-refractivity contribution is -0.384. The van der Waals surface area contributed by atoms with Crippen LogP contribution in [0.1, 0.15) is 12.5 Å². The topological polar surface area (TPSA) is 67.2 Å². The van der Waals surface area contributed by atoms with Gasteiger partial charge in [-0.1, -0.05) is 25.1 Å². The normalized spacial score (nSPS) is 9.95. The molecule has 0 bridgehead atoms. The van der Waals surface area contributed by atoms with Gasteiger partial charge in [0.05, 0.1) is 4.92 Å². The number of benzene rings is 2. The number of nitro benzene ring substituents is 1. The molecule has 108 valence electrons. The van der Waals surface area contributed by atoms with Gasteiger partial charge in [0, 0.05) is 23.5 Å². The van der Waals surface area contributed by atoms with E-state index in [1.807, 2.05) is 24.3 Å². The maximum atomic E-state index is 10.6. The second kappa shape index (κ2) is 6.81. The van der Waals surface area contributed by atoms with Gasteiger partial charge in [-0.3, -0.25) is 10.1 Å². The predicted octanol–water partition coefficient (Wildman–Crippen LogP) is 3.97. The predicted molar refractivity (Wildman–Crippen MR) is 88.8 cm³/mol. The monoisotopic (exact) mass is 301 g/mol. The molecule has 21 heavy (non-hydrogen) atoms. The highest BCUT2D eigenvalue weighted by Crippen LogP contribution is 2.18. The number of anilines is 2. The summed E-state index contributed by atoms with van der Waals surface area (Å²) in [6, 6.07) is 14.0. The Kier molecular flexibility index (Phi) is 4.84. The summed E-state index contributed by atoms with van der Waals surface area (Å²) < 4.78 is 0. The maximum absolute atomic E-state index is 10.6. The molecule has 2 aromatic rings. The van der Waals surface area contributed by atoms with Gasteiger partial charge in [-0.05, 0) is 42.4 Å². The van der Waals surface area contributed by atoms with Gasteiger partial charge in [0.25, 0.3) is 5.69 Å². The minimum absolute atomic E-state index is 0.0516. The van der Waals surface area contributed by atoms with Gasteiger partial charge in [0.2, 0.25) is 0 Å². The van der Waals surface area contributed by atoms with E-state index in [0.717, 1.165) is 12.1 Å². The Labute approximate surface area is 128 Å². The van der Waals surface area contributed by atoms with Crippen molar-refractivity contribution in [3.05, 3.63) is 64.2 Å². The van der Waals surface area contributed by atoms with E-state index >= 15 is 0 Å². The summed E-state index contributed by atoms with van der Waals surface area (Å²) in [6.45, 7) is 2.08. The van der Waals surface area contributed by atoms with Crippen molar-refractivity contribution in [3.8, 4) is 0 Å². The molecule has 0 aliphatic heterocycles. The number of thiocarbonyl (C=S) groups is 1. The first-order valence-corrected chi connectivity index (χ1v) is 6.91. The van der Waals surface area contributed by atoms with E-state index in [1.54, 1.807) is 12.1 Å². The van der Waals surface area contributed by atoms with Crippen molar-refractivity contribution in [2.75, 3.05) is 10.6 Å². The van der Waals surface area contributed by atoms with Crippen molar-refractivity contribution < 1.29 is 4.92 Å². The third kappa shape index (κ3) is 4.00. The molecule has 6 heteroatoms. The van der Waals surface area contributed by atoms with E-state index < -0.39 is 4.92 Å². The van der Waals surface area contributed by atoms with Crippen LogP contribution in [0.5, 0.6) is 0 Å². The van der Waals surface area contributed by atoms with Crippen molar-refractivity contribution in [1.82, 2.24) is 0 Å². The highest BCUT2D eigenvalue weighted by Gasteiger charge is 2.06. The Bertz CT molecular complexity index is 656. The molecular weight excluding hydrogens is 286 g/mol. The Morgan fingerprint density at radius 2 is 1.81 bits per heavy atom. The Hall–Kier alpha value is -2.47. The fraction of sp³-hybridized carbons (Fsp3) is 0.133. The second-order valence-electron chi connectivity index (χ2n) is 4.39. The van der Waals surface area contributed by atoms with Crippen LogP contribution in [-0.4, -0.2) is 10.0 Å². The van der Waals surface area contributed by atoms with Gasteiger partial charge in [-0.25, -0.2) is 0 Å². The number of nitrogens with one attached hydrogen (secondary N) is 2. The van der Waals surface area contributed by atoms with Gasteiger partial charge >= 0.3 is 0 Å². The van der Waals surface area contributed by atoms with Crippen LogP contribution in [-0.2, 0) is 6.42 Å². The Morgan fingerprint density at radius 1 is 1.14 bits per heavy atom. The molecule has 2 N–H and O–H groups in total. The van der Waals surface area contributed by atoms with E-state index in [-0.39, 0.29) is 5.69 Å². The number of nitro groups is 1. The molecule has 0 saturated carbocycles. The number of aryl methyl sites for hydroxylation is 1. The Morgan fingerprint density at radius 3 is 2.43 bits per heavy atom. The second-order valence-corrected chi connectivity index (χ2v) is 4.80. The number of nitrogens with zero attached hydrogens (tertiary/aromatic N) is 1. The fourth-order valence-electron chi connectivity index (χ4n) is 1.90. The number of hydrogen-bond donors (Lipinski definition) is 2. The SMILES string of the molecule is CCc1ccccc1NC(=S)Nc1ccc([N+](=O)[O-])cc1. The van der Waals surface area contributed by atoms with E-state index in [4.69, 9.17) is 12.2 Å². The number of non-ortho nitro benzene ring substituents is 1. The summed E-state index contributed by atoms with van der Waals surface area (Å²) in [7, 11) is 0. The molecule has 2 rings (SSSR count). The molecule has 0 radical (unpaired) electrons. The van der Waals surface area contributed by atoms with Crippen LogP contribution in [0.15, 0.2) is 48.5 Å². The summed E-state index contributed by atoms with van der Waals surface area (Å²) >= 11 is 5.25. The van der Waals surface area contributed by atoms with Gasteiger partial charge in [-0.2, -0.15) is 0 Å². The number of hydrogen-bond acceptors (Lipinski definition) is 3. The highest BCUT2D eigenvalue weighted by atomic mass is 32.1. The van der Waals surface area contributed by atoms with Crippen molar-refractivity contribution >= 4 is 34.4 Å². The zero-order valence-electron chi connectivity index (χ0n) is 11.5. The lowest BCUT2D eigenvalue weighted by Crippen LogP contribution is -2.19. The molecule has 0 aliphatic carbocycles. The van der Waals surface area contributed by atoms with Crippen LogP contribution in [0.25, 0.3) is 0 Å². The molecule has 0 unspecified atom stereocenters. The standard InChI is InChI=1S/C15H15N3O2S/c1-2-11-5-3-4-6-14(11)17-15(21)16-12-7-9-13(10-8-12)18(19)20/h3-10H,2H2,1H3,(H2,16,17,21). The van der Waals surface area contributed by atoms with Crippen LogP contribution in [0, 0.1) is 10.1 Å². The van der Waals surface area contributed by atoms with E-state index in [0.29, 0.717) is 10.8 Å². The molecule has 0 atom stereocenters. The van der Waals surface area contributed by atoms with Gasteiger partial charge in [0.15, 0.2) is 5.11 Å². The third-order valence-corrected chi connectivity index (χ3v) is 3.19. The quantitative estimate of drug-likeness (QED) is 0.508. The fourth-order valence-corrected chi connectivity index (χ4v) is 2.13. The van der Waals surface area contributed by atoms with E-state index in [1.165, 1.54) is 17.7 Å². The molecule has 0 saturated heterocycles. The average molecular weight is 301 g/mol. The van der Waals surface area contributed by atoms with Gasteiger partial charge in [-0.15, -0.1) is 0 Å². The van der Waals surface area contributed by atoms with Crippen molar-refractivity contribution in [2.45, 2.75) is 13.3 Å². The molecular formula is C15H15N3O2S. The Balaban J connectivity index is 2.03. The van der Waals surface area contributed by atoms with Crippen LogP contribution in [0.4, 0.5) is 17.1 Å². The van der Waals surface area contributed by atoms with Crippen LogP contribution in [0.3, 0.4) is 0 Å². The number of rotatable bonds is 4. The zero-order chi connectivity index (χ0) is 15.2. The summed E-state index contributed by atoms with van der Waals surface area (Å²) in [6.07, 6.45) is 0.906. The average Bonchev–Trinajstić information content (AvgIpc) is 2.48. The van der Waals surface area contributed by atoms with E-state index in [9.17, 15) is 10.1 Å². The number of para-hydroxylation sites is 1. The molecule has 0 fully saturated rings. The molecule has 0 aromatic heterocycles. The first-order chi connectivity index (χ1) is 10.1. The molecule has 0 aliphatic rings. The van der Waals surface area contributed by atoms with Crippen molar-refractivity contribution in [2.24, 2.45) is 0 Å². The molecule has 0 spiro atoms. The first kappa shape index (κ1) is 14.9. The third-order valence-electron chi connectivity index (χ3n) is 2.98. The minimum Gasteiger partial charge on any atom is -0.332 e. The maximum Gasteiger partial charge on any atom is 0.269 e. The van der Waals surface area contributed by atoms with Crippen molar-refractivity contribution in [1.29, 1.82) is 0 Å². The summed E-state index contributed by atoms with van der Waals surface area (Å²) in [4.78, 5) is 10.2. The molecule has 0 heterocycles. The van der Waals surface area contributed by atoms with Crippen molar-refractivity contribution in [3.63, 3.8) is 0 Å². The summed E-state index contributed by atoms with van der Waals surface area (Å²) in [5.41, 5.74) is 2.88. The lowest BCUT2D eigenvalue weighted by atomic mass is 10.1. The smallest absolute Gasteiger partial charge is 0.269 e. The largest absolute Gasteiger partial charge is 0.332 e. The molecule has 5 nitrogen and oxygen atoms in total. The van der Waals surface area contributed by atoms with Crippen LogP contribution in [0.2, 0.25) is 0 Å². The minimum atomic E-state index is -0.433. The van der Waals surface area contributed by atoms with E-state index in [2.05, 4.69) is 17.6 Å². The molecule has 2 aromatic carbocycles. The summed E-state index contributed by atoms with van der Waals surface area (Å²) in [5, 5.41) is 17.2. The summed E-state index contributed by atoms with van der Waals surface area (Å²) in [5.74, 6) is 0. The van der Waals surface area contributed by atoms with Crippen LogP contribution >= 0.6 is 12.2 Å².